The Bertz CT molecular complexity index is 632. The topological polar surface area (TPSA) is 37.9 Å². The molecule has 1 N–H and O–H groups in total. The highest BCUT2D eigenvalue weighted by Gasteiger charge is 1.98. The molecule has 0 saturated heterocycles. The average molecular weight is 238 g/mol. The molecular formula is C15H14N2O. The lowest BCUT2D eigenvalue weighted by atomic mass is 10.1. The van der Waals surface area contributed by atoms with Crippen molar-refractivity contribution < 1.29 is 4.74 Å². The van der Waals surface area contributed by atoms with Crippen LogP contribution in [0.1, 0.15) is 5.82 Å². The Labute approximate surface area is 105 Å². The summed E-state index contributed by atoms with van der Waals surface area (Å²) in [5.41, 5.74) is 0. The first-order valence-corrected chi connectivity index (χ1v) is 6.02. The quantitative estimate of drug-likeness (QED) is 0.758. The molecule has 1 aromatic heterocycles. The first-order valence-electron chi connectivity index (χ1n) is 6.02. The summed E-state index contributed by atoms with van der Waals surface area (Å²) >= 11 is 0. The second-order valence-electron chi connectivity index (χ2n) is 4.14. The molecule has 0 aliphatic rings. The molecule has 3 heteroatoms. The van der Waals surface area contributed by atoms with E-state index in [9.17, 15) is 0 Å². The summed E-state index contributed by atoms with van der Waals surface area (Å²) in [5, 5.41) is 2.43. The number of hydrogen-bond acceptors (Lipinski definition) is 2. The Kier molecular flexibility index (Phi) is 2.96. The Morgan fingerprint density at radius 1 is 1.06 bits per heavy atom. The van der Waals surface area contributed by atoms with E-state index in [1.165, 1.54) is 10.8 Å². The Balaban J connectivity index is 1.67. The second kappa shape index (κ2) is 4.92. The van der Waals surface area contributed by atoms with E-state index < -0.39 is 0 Å². The van der Waals surface area contributed by atoms with Crippen molar-refractivity contribution in [2.45, 2.75) is 6.42 Å². The predicted octanol–water partition coefficient (Wildman–Crippen LogP) is 3.18. The minimum absolute atomic E-state index is 0.631. The van der Waals surface area contributed by atoms with Gasteiger partial charge in [-0.1, -0.05) is 30.3 Å². The SMILES string of the molecule is c1ccc2cc(OCCc3ncc[nH]3)ccc2c1. The number of aromatic nitrogens is 2. The molecule has 0 aliphatic carbocycles. The predicted molar refractivity (Wildman–Crippen MR) is 71.7 cm³/mol. The van der Waals surface area contributed by atoms with Crippen molar-refractivity contribution in [1.29, 1.82) is 0 Å². The van der Waals surface area contributed by atoms with Crippen LogP contribution in [-0.2, 0) is 6.42 Å². The van der Waals surface area contributed by atoms with Crippen LogP contribution in [0.3, 0.4) is 0 Å². The second-order valence-corrected chi connectivity index (χ2v) is 4.14. The molecule has 3 aromatic rings. The van der Waals surface area contributed by atoms with Crippen LogP contribution in [0.4, 0.5) is 0 Å². The van der Waals surface area contributed by atoms with Gasteiger partial charge in [-0.05, 0) is 22.9 Å². The average Bonchev–Trinajstić information content (AvgIpc) is 2.92. The minimum Gasteiger partial charge on any atom is -0.493 e. The number of nitrogens with one attached hydrogen (secondary N) is 1. The maximum absolute atomic E-state index is 5.73. The van der Waals surface area contributed by atoms with Gasteiger partial charge in [0.25, 0.3) is 0 Å². The van der Waals surface area contributed by atoms with Crippen molar-refractivity contribution in [3.63, 3.8) is 0 Å². The number of fused-ring (bicyclic) bond motifs is 1. The van der Waals surface area contributed by atoms with Gasteiger partial charge in [-0.2, -0.15) is 0 Å². The van der Waals surface area contributed by atoms with Crippen LogP contribution in [0.25, 0.3) is 10.8 Å². The zero-order chi connectivity index (χ0) is 12.2. The lowest BCUT2D eigenvalue weighted by Gasteiger charge is -2.06. The van der Waals surface area contributed by atoms with Crippen LogP contribution in [0, 0.1) is 0 Å². The molecule has 18 heavy (non-hydrogen) atoms. The first-order chi connectivity index (χ1) is 8.92. The zero-order valence-electron chi connectivity index (χ0n) is 9.97. The normalized spacial score (nSPS) is 10.7. The van der Waals surface area contributed by atoms with E-state index in [0.29, 0.717) is 6.61 Å². The van der Waals surface area contributed by atoms with Crippen LogP contribution in [0.5, 0.6) is 5.75 Å². The van der Waals surface area contributed by atoms with E-state index >= 15 is 0 Å². The number of imidazole rings is 1. The Hall–Kier alpha value is -2.29. The van der Waals surface area contributed by atoms with Gasteiger partial charge in [-0.3, -0.25) is 0 Å². The van der Waals surface area contributed by atoms with Gasteiger partial charge in [0.1, 0.15) is 11.6 Å². The molecule has 90 valence electrons. The van der Waals surface area contributed by atoms with E-state index in [2.05, 4.69) is 34.2 Å². The summed E-state index contributed by atoms with van der Waals surface area (Å²) in [6.07, 6.45) is 4.37. The third kappa shape index (κ3) is 2.35. The van der Waals surface area contributed by atoms with Crippen molar-refractivity contribution >= 4 is 10.8 Å². The molecule has 0 atom stereocenters. The van der Waals surface area contributed by atoms with Crippen molar-refractivity contribution in [3.8, 4) is 5.75 Å². The molecule has 0 saturated carbocycles. The third-order valence-corrected chi connectivity index (χ3v) is 2.88. The number of nitrogens with zero attached hydrogens (tertiary/aromatic N) is 1. The van der Waals surface area contributed by atoms with E-state index in [4.69, 9.17) is 4.74 Å². The summed E-state index contributed by atoms with van der Waals surface area (Å²) in [5.74, 6) is 1.86. The molecular weight excluding hydrogens is 224 g/mol. The molecule has 3 rings (SSSR count). The minimum atomic E-state index is 0.631. The number of aromatic amines is 1. The largest absolute Gasteiger partial charge is 0.493 e. The third-order valence-electron chi connectivity index (χ3n) is 2.88. The highest BCUT2D eigenvalue weighted by molar-refractivity contribution is 5.83. The van der Waals surface area contributed by atoms with Gasteiger partial charge in [0, 0.05) is 18.8 Å². The lowest BCUT2D eigenvalue weighted by molar-refractivity contribution is 0.319. The van der Waals surface area contributed by atoms with Crippen molar-refractivity contribution in [1.82, 2.24) is 9.97 Å². The lowest BCUT2D eigenvalue weighted by Crippen LogP contribution is -2.02. The summed E-state index contributed by atoms with van der Waals surface area (Å²) in [4.78, 5) is 7.22. The standard InChI is InChI=1S/C15H14N2O/c1-2-4-13-11-14(6-5-12(13)3-1)18-10-7-15-16-8-9-17-15/h1-6,8-9,11H,7,10H2,(H,16,17). The molecule has 0 amide bonds. The number of H-pyrrole nitrogens is 1. The van der Waals surface area contributed by atoms with Crippen LogP contribution in [0.15, 0.2) is 54.9 Å². The smallest absolute Gasteiger partial charge is 0.119 e. The van der Waals surface area contributed by atoms with Gasteiger partial charge < -0.3 is 9.72 Å². The molecule has 3 nitrogen and oxygen atoms in total. The molecule has 1 heterocycles. The Morgan fingerprint density at radius 2 is 1.94 bits per heavy atom. The highest BCUT2D eigenvalue weighted by Crippen LogP contribution is 2.20. The fourth-order valence-corrected chi connectivity index (χ4v) is 1.96. The molecule has 0 aliphatic heterocycles. The summed E-state index contributed by atoms with van der Waals surface area (Å²) in [7, 11) is 0. The van der Waals surface area contributed by atoms with Gasteiger partial charge in [0.15, 0.2) is 0 Å². The summed E-state index contributed by atoms with van der Waals surface area (Å²) in [6.45, 7) is 0.631. The molecule has 2 aromatic carbocycles. The van der Waals surface area contributed by atoms with Gasteiger partial charge >= 0.3 is 0 Å². The van der Waals surface area contributed by atoms with Gasteiger partial charge in [-0.15, -0.1) is 0 Å². The van der Waals surface area contributed by atoms with Gasteiger partial charge in [0.2, 0.25) is 0 Å². The van der Waals surface area contributed by atoms with Crippen molar-refractivity contribution in [2.24, 2.45) is 0 Å². The van der Waals surface area contributed by atoms with Gasteiger partial charge in [0.05, 0.1) is 6.61 Å². The Morgan fingerprint density at radius 3 is 2.78 bits per heavy atom. The fraction of sp³-hybridized carbons (Fsp3) is 0.133. The van der Waals surface area contributed by atoms with E-state index in [1.54, 1.807) is 6.20 Å². The van der Waals surface area contributed by atoms with Crippen molar-refractivity contribution in [3.05, 3.63) is 60.7 Å². The first kappa shape index (κ1) is 10.8. The zero-order valence-corrected chi connectivity index (χ0v) is 9.97. The van der Waals surface area contributed by atoms with Crippen molar-refractivity contribution in [2.75, 3.05) is 6.61 Å². The molecule has 0 radical (unpaired) electrons. The number of hydrogen-bond donors (Lipinski definition) is 1. The molecule has 0 unspecified atom stereocenters. The molecule has 0 bridgehead atoms. The maximum Gasteiger partial charge on any atom is 0.119 e. The van der Waals surface area contributed by atoms with Crippen LogP contribution in [0.2, 0.25) is 0 Å². The van der Waals surface area contributed by atoms with Crippen LogP contribution < -0.4 is 4.74 Å². The number of rotatable bonds is 4. The summed E-state index contributed by atoms with van der Waals surface area (Å²) < 4.78 is 5.73. The van der Waals surface area contributed by atoms with E-state index in [-0.39, 0.29) is 0 Å². The fourth-order valence-electron chi connectivity index (χ4n) is 1.96. The van der Waals surface area contributed by atoms with Crippen LogP contribution >= 0.6 is 0 Å². The van der Waals surface area contributed by atoms with E-state index in [1.807, 2.05) is 24.4 Å². The monoisotopic (exact) mass is 238 g/mol. The van der Waals surface area contributed by atoms with E-state index in [0.717, 1.165) is 18.0 Å². The summed E-state index contributed by atoms with van der Waals surface area (Å²) in [6, 6.07) is 14.4. The van der Waals surface area contributed by atoms with Gasteiger partial charge in [-0.25, -0.2) is 4.98 Å². The van der Waals surface area contributed by atoms with Crippen LogP contribution in [-0.4, -0.2) is 16.6 Å². The molecule has 0 fully saturated rings. The number of benzene rings is 2. The highest BCUT2D eigenvalue weighted by atomic mass is 16.5. The molecule has 0 spiro atoms. The maximum atomic E-state index is 5.73. The number of ether oxygens (including phenoxy) is 1.